The number of hydrogen-bond acceptors (Lipinski definition) is 4. The van der Waals surface area contributed by atoms with Gasteiger partial charge in [0.25, 0.3) is 0 Å². The monoisotopic (exact) mass is 199 g/mol. The molecule has 0 fully saturated rings. The van der Waals surface area contributed by atoms with Crippen molar-refractivity contribution in [3.63, 3.8) is 0 Å². The van der Waals surface area contributed by atoms with Gasteiger partial charge in [-0.15, -0.1) is 0 Å². The molecule has 0 aromatic carbocycles. The fourth-order valence-electron chi connectivity index (χ4n) is 1.36. The van der Waals surface area contributed by atoms with Crippen molar-refractivity contribution in [2.24, 2.45) is 5.41 Å². The zero-order chi connectivity index (χ0) is 9.90. The van der Waals surface area contributed by atoms with Crippen molar-refractivity contribution in [3.8, 4) is 0 Å². The summed E-state index contributed by atoms with van der Waals surface area (Å²) in [5, 5.41) is 3.43. The number of nitrogens with one attached hydrogen (secondary N) is 1. The summed E-state index contributed by atoms with van der Waals surface area (Å²) in [6.07, 6.45) is 1.85. The number of hydrogen-bond donors (Lipinski definition) is 1. The molecule has 4 heteroatoms. The summed E-state index contributed by atoms with van der Waals surface area (Å²) in [4.78, 5) is 0. The standard InChI is InChI=1S/C9H17N3S/c1-5-10-8(9(2,3)4)7-6-11-13-12-7/h6,8,10H,5H2,1-4H3. The van der Waals surface area contributed by atoms with Crippen LogP contribution >= 0.6 is 11.7 Å². The molecule has 0 saturated heterocycles. The molecular weight excluding hydrogens is 182 g/mol. The van der Waals surface area contributed by atoms with Crippen LogP contribution in [0.3, 0.4) is 0 Å². The minimum absolute atomic E-state index is 0.186. The molecule has 0 saturated carbocycles. The maximum atomic E-state index is 4.27. The Morgan fingerprint density at radius 1 is 1.54 bits per heavy atom. The second-order valence-electron chi connectivity index (χ2n) is 4.19. The molecule has 0 aliphatic heterocycles. The van der Waals surface area contributed by atoms with Crippen LogP contribution in [0.1, 0.15) is 39.4 Å². The summed E-state index contributed by atoms with van der Waals surface area (Å²) in [5.74, 6) is 0. The molecule has 0 aliphatic rings. The van der Waals surface area contributed by atoms with Gasteiger partial charge in [0.2, 0.25) is 0 Å². The second-order valence-corrected chi connectivity index (χ2v) is 4.75. The van der Waals surface area contributed by atoms with Crippen LogP contribution in [-0.4, -0.2) is 15.3 Å². The lowest BCUT2D eigenvalue weighted by Crippen LogP contribution is -2.32. The molecule has 1 rings (SSSR count). The number of rotatable bonds is 3. The Bertz CT molecular complexity index is 238. The van der Waals surface area contributed by atoms with Gasteiger partial charge in [0, 0.05) is 0 Å². The Labute approximate surface area is 83.9 Å². The van der Waals surface area contributed by atoms with Gasteiger partial charge >= 0.3 is 0 Å². The first-order valence-electron chi connectivity index (χ1n) is 4.56. The molecule has 1 heterocycles. The number of aromatic nitrogens is 2. The average Bonchev–Trinajstić information content (AvgIpc) is 2.49. The van der Waals surface area contributed by atoms with E-state index in [1.54, 1.807) is 0 Å². The van der Waals surface area contributed by atoms with Gasteiger partial charge in [-0.05, 0) is 12.0 Å². The van der Waals surface area contributed by atoms with E-state index in [0.717, 1.165) is 12.2 Å². The summed E-state index contributed by atoms with van der Waals surface area (Å²) < 4.78 is 8.30. The van der Waals surface area contributed by atoms with Crippen molar-refractivity contribution in [1.29, 1.82) is 0 Å². The van der Waals surface area contributed by atoms with Gasteiger partial charge in [0.1, 0.15) is 0 Å². The lowest BCUT2D eigenvalue weighted by molar-refractivity contribution is 0.272. The van der Waals surface area contributed by atoms with Crippen molar-refractivity contribution < 1.29 is 0 Å². The molecule has 3 nitrogen and oxygen atoms in total. The molecule has 0 aliphatic carbocycles. The van der Waals surface area contributed by atoms with Crippen molar-refractivity contribution in [1.82, 2.24) is 14.1 Å². The summed E-state index contributed by atoms with van der Waals surface area (Å²) >= 11 is 1.27. The van der Waals surface area contributed by atoms with E-state index in [1.165, 1.54) is 11.7 Å². The Balaban J connectivity index is 2.81. The Kier molecular flexibility index (Phi) is 3.39. The minimum atomic E-state index is 0.186. The molecule has 1 aromatic rings. The van der Waals surface area contributed by atoms with Gasteiger partial charge < -0.3 is 5.32 Å². The van der Waals surface area contributed by atoms with E-state index in [1.807, 2.05) is 6.20 Å². The molecule has 1 aromatic heterocycles. The normalized spacial score (nSPS) is 14.5. The molecule has 0 bridgehead atoms. The van der Waals surface area contributed by atoms with E-state index < -0.39 is 0 Å². The summed E-state index contributed by atoms with van der Waals surface area (Å²) in [6.45, 7) is 9.69. The molecular formula is C9H17N3S. The lowest BCUT2D eigenvalue weighted by Gasteiger charge is -2.29. The lowest BCUT2D eigenvalue weighted by atomic mass is 9.85. The van der Waals surface area contributed by atoms with Crippen molar-refractivity contribution in [2.45, 2.75) is 33.7 Å². The van der Waals surface area contributed by atoms with Crippen LogP contribution in [0.4, 0.5) is 0 Å². The highest BCUT2D eigenvalue weighted by Crippen LogP contribution is 2.31. The highest BCUT2D eigenvalue weighted by atomic mass is 32.1. The van der Waals surface area contributed by atoms with Gasteiger partial charge in [-0.2, -0.15) is 8.75 Å². The van der Waals surface area contributed by atoms with E-state index in [-0.39, 0.29) is 5.41 Å². The number of nitrogens with zero attached hydrogens (tertiary/aromatic N) is 2. The van der Waals surface area contributed by atoms with E-state index in [0.29, 0.717) is 6.04 Å². The fourth-order valence-corrected chi connectivity index (χ4v) is 1.81. The summed E-state index contributed by atoms with van der Waals surface area (Å²) in [5.41, 5.74) is 1.24. The molecule has 1 atom stereocenters. The topological polar surface area (TPSA) is 37.8 Å². The zero-order valence-electron chi connectivity index (χ0n) is 8.66. The van der Waals surface area contributed by atoms with Crippen molar-refractivity contribution in [2.75, 3.05) is 6.54 Å². The van der Waals surface area contributed by atoms with Crippen LogP contribution in [0, 0.1) is 5.41 Å². The van der Waals surface area contributed by atoms with E-state index in [4.69, 9.17) is 0 Å². The quantitative estimate of drug-likeness (QED) is 0.811. The van der Waals surface area contributed by atoms with Gasteiger partial charge in [0.15, 0.2) is 0 Å². The average molecular weight is 199 g/mol. The van der Waals surface area contributed by atoms with Gasteiger partial charge in [-0.3, -0.25) is 0 Å². The second kappa shape index (κ2) is 4.15. The van der Waals surface area contributed by atoms with Crippen molar-refractivity contribution >= 4 is 11.7 Å². The molecule has 0 radical (unpaired) electrons. The molecule has 74 valence electrons. The first kappa shape index (κ1) is 10.6. The largest absolute Gasteiger partial charge is 0.308 e. The molecule has 13 heavy (non-hydrogen) atoms. The SMILES string of the molecule is CCNC(c1cnsn1)C(C)(C)C. The van der Waals surface area contributed by atoms with Crippen LogP contribution in [0.25, 0.3) is 0 Å². The third-order valence-electron chi connectivity index (χ3n) is 1.95. The molecule has 0 spiro atoms. The highest BCUT2D eigenvalue weighted by molar-refractivity contribution is 6.99. The third kappa shape index (κ3) is 2.74. The fraction of sp³-hybridized carbons (Fsp3) is 0.778. The van der Waals surface area contributed by atoms with E-state index >= 15 is 0 Å². The minimum Gasteiger partial charge on any atom is -0.308 e. The van der Waals surface area contributed by atoms with Gasteiger partial charge in [-0.25, -0.2) is 0 Å². The predicted molar refractivity (Wildman–Crippen MR) is 55.8 cm³/mol. The first-order valence-corrected chi connectivity index (χ1v) is 5.29. The zero-order valence-corrected chi connectivity index (χ0v) is 9.48. The van der Waals surface area contributed by atoms with Gasteiger partial charge in [-0.1, -0.05) is 27.7 Å². The van der Waals surface area contributed by atoms with Crippen LogP contribution < -0.4 is 5.32 Å². The summed E-state index contributed by atoms with van der Waals surface area (Å²) in [6, 6.07) is 0.302. The van der Waals surface area contributed by atoms with Crippen LogP contribution in [0.5, 0.6) is 0 Å². The maximum Gasteiger partial charge on any atom is 0.0917 e. The Hall–Kier alpha value is -0.480. The third-order valence-corrected chi connectivity index (χ3v) is 2.44. The molecule has 1 N–H and O–H groups in total. The van der Waals surface area contributed by atoms with Gasteiger partial charge in [0.05, 0.1) is 29.7 Å². The molecule has 0 amide bonds. The highest BCUT2D eigenvalue weighted by Gasteiger charge is 2.27. The van der Waals surface area contributed by atoms with Crippen LogP contribution in [0.2, 0.25) is 0 Å². The van der Waals surface area contributed by atoms with Crippen LogP contribution in [-0.2, 0) is 0 Å². The first-order chi connectivity index (χ1) is 6.05. The van der Waals surface area contributed by atoms with Crippen molar-refractivity contribution in [3.05, 3.63) is 11.9 Å². The summed E-state index contributed by atoms with van der Waals surface area (Å²) in [7, 11) is 0. The molecule has 1 unspecified atom stereocenters. The van der Waals surface area contributed by atoms with E-state index in [9.17, 15) is 0 Å². The predicted octanol–water partition coefficient (Wildman–Crippen LogP) is 2.23. The Morgan fingerprint density at radius 3 is 2.62 bits per heavy atom. The maximum absolute atomic E-state index is 4.27. The Morgan fingerprint density at radius 2 is 2.23 bits per heavy atom. The smallest absolute Gasteiger partial charge is 0.0917 e. The van der Waals surface area contributed by atoms with Crippen LogP contribution in [0.15, 0.2) is 6.20 Å². The van der Waals surface area contributed by atoms with E-state index in [2.05, 4.69) is 41.8 Å².